The van der Waals surface area contributed by atoms with Crippen molar-refractivity contribution in [2.45, 2.75) is 31.5 Å². The van der Waals surface area contributed by atoms with Crippen LogP contribution in [0.5, 0.6) is 0 Å². The second kappa shape index (κ2) is 6.42. The van der Waals surface area contributed by atoms with Crippen molar-refractivity contribution in [3.63, 3.8) is 0 Å². The zero-order chi connectivity index (χ0) is 14.6. The first-order valence-electron chi connectivity index (χ1n) is 5.74. The minimum atomic E-state index is -3.83. The lowest BCUT2D eigenvalue weighted by molar-refractivity contribution is 0.122. The van der Waals surface area contributed by atoms with E-state index in [9.17, 15) is 12.8 Å². The number of ether oxygens (including phenoxy) is 1. The molecule has 0 saturated heterocycles. The average molecular weight is 291 g/mol. The van der Waals surface area contributed by atoms with Gasteiger partial charge in [-0.1, -0.05) is 0 Å². The largest absolute Gasteiger partial charge is 0.392 e. The summed E-state index contributed by atoms with van der Waals surface area (Å²) in [6.45, 7) is 2.75. The Bertz CT molecular complexity index is 545. The Labute approximate surface area is 112 Å². The van der Waals surface area contributed by atoms with Gasteiger partial charge < -0.3 is 9.84 Å². The van der Waals surface area contributed by atoms with Gasteiger partial charge in [-0.2, -0.15) is 0 Å². The van der Waals surface area contributed by atoms with E-state index in [1.165, 1.54) is 20.1 Å². The molecule has 0 radical (unpaired) electrons. The number of aliphatic hydroxyl groups is 1. The van der Waals surface area contributed by atoms with Crippen LogP contribution in [0.2, 0.25) is 0 Å². The van der Waals surface area contributed by atoms with Gasteiger partial charge in [-0.3, -0.25) is 0 Å². The van der Waals surface area contributed by atoms with Crippen LogP contribution in [0.3, 0.4) is 0 Å². The monoisotopic (exact) mass is 291 g/mol. The molecule has 108 valence electrons. The molecule has 0 aliphatic heterocycles. The van der Waals surface area contributed by atoms with Gasteiger partial charge in [-0.15, -0.1) is 0 Å². The molecule has 2 N–H and O–H groups in total. The van der Waals surface area contributed by atoms with Crippen molar-refractivity contribution in [3.05, 3.63) is 29.1 Å². The highest BCUT2D eigenvalue weighted by Gasteiger charge is 2.20. The molecule has 0 amide bonds. The molecule has 1 aromatic rings. The molecular weight excluding hydrogens is 273 g/mol. The summed E-state index contributed by atoms with van der Waals surface area (Å²) in [4.78, 5) is -0.167. The summed E-state index contributed by atoms with van der Waals surface area (Å²) < 4.78 is 45.0. The van der Waals surface area contributed by atoms with Gasteiger partial charge in [-0.05, 0) is 31.5 Å². The molecule has 1 unspecified atom stereocenters. The average Bonchev–Trinajstić information content (AvgIpc) is 2.38. The van der Waals surface area contributed by atoms with Crippen molar-refractivity contribution in [1.29, 1.82) is 0 Å². The first-order chi connectivity index (χ1) is 8.81. The Morgan fingerprint density at radius 2 is 2.11 bits per heavy atom. The van der Waals surface area contributed by atoms with Crippen LogP contribution in [-0.2, 0) is 21.4 Å². The van der Waals surface area contributed by atoms with Crippen LogP contribution in [0.15, 0.2) is 17.0 Å². The third-order valence-electron chi connectivity index (χ3n) is 2.79. The van der Waals surface area contributed by atoms with Gasteiger partial charge in [-0.25, -0.2) is 17.5 Å². The van der Waals surface area contributed by atoms with E-state index in [1.807, 2.05) is 0 Å². The molecule has 0 aliphatic carbocycles. The summed E-state index contributed by atoms with van der Waals surface area (Å²) >= 11 is 0. The first kappa shape index (κ1) is 16.0. The van der Waals surface area contributed by atoms with E-state index in [0.717, 1.165) is 6.07 Å². The number of benzene rings is 1. The van der Waals surface area contributed by atoms with Gasteiger partial charge in [0.15, 0.2) is 0 Å². The third-order valence-corrected chi connectivity index (χ3v) is 4.34. The lowest BCUT2D eigenvalue weighted by Crippen LogP contribution is -2.32. The standard InChI is InChI=1S/C12H18FNO4S/c1-8(18-3)6-14-19(16,17)12-5-10(7-15)4-11(13)9(12)2/h4-5,8,14-15H,6-7H2,1-3H3. The molecule has 1 aromatic carbocycles. The summed E-state index contributed by atoms with van der Waals surface area (Å²) in [5.74, 6) is -0.660. The summed E-state index contributed by atoms with van der Waals surface area (Å²) in [5, 5.41) is 9.00. The first-order valence-corrected chi connectivity index (χ1v) is 7.22. The zero-order valence-electron chi connectivity index (χ0n) is 11.1. The molecule has 1 rings (SSSR count). The van der Waals surface area contributed by atoms with Crippen LogP contribution in [-0.4, -0.2) is 33.3 Å². The Morgan fingerprint density at radius 3 is 2.63 bits per heavy atom. The molecule has 0 heterocycles. The van der Waals surface area contributed by atoms with Crippen LogP contribution in [0.4, 0.5) is 4.39 Å². The lowest BCUT2D eigenvalue weighted by Gasteiger charge is -2.14. The van der Waals surface area contributed by atoms with Gasteiger partial charge in [0.25, 0.3) is 0 Å². The van der Waals surface area contributed by atoms with Gasteiger partial charge in [0.2, 0.25) is 10.0 Å². The fourth-order valence-corrected chi connectivity index (χ4v) is 2.88. The predicted molar refractivity (Wildman–Crippen MR) is 68.7 cm³/mol. The topological polar surface area (TPSA) is 75.6 Å². The van der Waals surface area contributed by atoms with Crippen LogP contribution in [0, 0.1) is 12.7 Å². The fourth-order valence-electron chi connectivity index (χ4n) is 1.47. The number of hydrogen-bond donors (Lipinski definition) is 2. The zero-order valence-corrected chi connectivity index (χ0v) is 11.9. The van der Waals surface area contributed by atoms with Crippen LogP contribution in [0.25, 0.3) is 0 Å². The molecule has 0 bridgehead atoms. The Balaban J connectivity index is 3.10. The van der Waals surface area contributed by atoms with Gasteiger partial charge in [0.05, 0.1) is 17.6 Å². The maximum Gasteiger partial charge on any atom is 0.241 e. The molecule has 19 heavy (non-hydrogen) atoms. The maximum atomic E-state index is 13.6. The molecule has 0 saturated carbocycles. The van der Waals surface area contributed by atoms with Crippen LogP contribution < -0.4 is 4.72 Å². The molecule has 0 aliphatic rings. The molecular formula is C12H18FNO4S. The molecule has 5 nitrogen and oxygen atoms in total. The summed E-state index contributed by atoms with van der Waals surface area (Å²) in [5.41, 5.74) is 0.234. The number of halogens is 1. The Kier molecular flexibility index (Phi) is 5.42. The second-order valence-electron chi connectivity index (χ2n) is 4.26. The smallest absolute Gasteiger partial charge is 0.241 e. The number of rotatable bonds is 6. The number of methoxy groups -OCH3 is 1. The van der Waals surface area contributed by atoms with Crippen molar-refractivity contribution in [3.8, 4) is 0 Å². The van der Waals surface area contributed by atoms with Gasteiger partial charge in [0.1, 0.15) is 5.82 Å². The molecule has 0 aromatic heterocycles. The van der Waals surface area contributed by atoms with Gasteiger partial charge in [0, 0.05) is 19.2 Å². The maximum absolute atomic E-state index is 13.6. The molecule has 7 heteroatoms. The number of hydrogen-bond acceptors (Lipinski definition) is 4. The minimum absolute atomic E-state index is 0.0229. The minimum Gasteiger partial charge on any atom is -0.392 e. The fraction of sp³-hybridized carbons (Fsp3) is 0.500. The van der Waals surface area contributed by atoms with Crippen molar-refractivity contribution < 1.29 is 22.7 Å². The third kappa shape index (κ3) is 3.97. The van der Waals surface area contributed by atoms with Crippen molar-refractivity contribution in [2.24, 2.45) is 0 Å². The Morgan fingerprint density at radius 1 is 1.47 bits per heavy atom. The van der Waals surface area contributed by atoms with E-state index < -0.39 is 22.4 Å². The second-order valence-corrected chi connectivity index (χ2v) is 5.99. The summed E-state index contributed by atoms with van der Waals surface area (Å²) in [6.07, 6.45) is -0.291. The van der Waals surface area contributed by atoms with Crippen LogP contribution >= 0.6 is 0 Å². The number of nitrogens with one attached hydrogen (secondary N) is 1. The highest BCUT2D eigenvalue weighted by molar-refractivity contribution is 7.89. The number of sulfonamides is 1. The normalized spacial score (nSPS) is 13.5. The van der Waals surface area contributed by atoms with Crippen LogP contribution in [0.1, 0.15) is 18.1 Å². The quantitative estimate of drug-likeness (QED) is 0.818. The van der Waals surface area contributed by atoms with E-state index in [2.05, 4.69) is 4.72 Å². The van der Waals surface area contributed by atoms with E-state index >= 15 is 0 Å². The van der Waals surface area contributed by atoms with E-state index in [-0.39, 0.29) is 28.7 Å². The van der Waals surface area contributed by atoms with Crippen molar-refractivity contribution in [1.82, 2.24) is 4.72 Å². The summed E-state index contributed by atoms with van der Waals surface area (Å²) in [7, 11) is -2.36. The Hall–Kier alpha value is -1.02. The SMILES string of the molecule is COC(C)CNS(=O)(=O)c1cc(CO)cc(F)c1C. The van der Waals surface area contributed by atoms with E-state index in [4.69, 9.17) is 9.84 Å². The summed E-state index contributed by atoms with van der Waals surface area (Å²) in [6, 6.07) is 2.38. The number of aliphatic hydroxyl groups excluding tert-OH is 1. The van der Waals surface area contributed by atoms with Gasteiger partial charge >= 0.3 is 0 Å². The highest BCUT2D eigenvalue weighted by atomic mass is 32.2. The van der Waals surface area contributed by atoms with E-state index in [1.54, 1.807) is 6.92 Å². The van der Waals surface area contributed by atoms with E-state index in [0.29, 0.717) is 0 Å². The molecule has 0 fully saturated rings. The van der Waals surface area contributed by atoms with Crippen molar-refractivity contribution >= 4 is 10.0 Å². The molecule has 1 atom stereocenters. The lowest BCUT2D eigenvalue weighted by atomic mass is 10.1. The predicted octanol–water partition coefficient (Wildman–Crippen LogP) is 0.940. The molecule has 0 spiro atoms. The highest BCUT2D eigenvalue weighted by Crippen LogP contribution is 2.20. The van der Waals surface area contributed by atoms with Crippen molar-refractivity contribution in [2.75, 3.05) is 13.7 Å².